The van der Waals surface area contributed by atoms with Gasteiger partial charge in [-0.15, -0.1) is 11.8 Å². The van der Waals surface area contributed by atoms with E-state index >= 15 is 0 Å². The van der Waals surface area contributed by atoms with Crippen LogP contribution < -0.4 is 9.62 Å². The van der Waals surface area contributed by atoms with Gasteiger partial charge < -0.3 is 10.2 Å². The normalized spacial score (nSPS) is 12.2. The molecule has 3 rings (SSSR count). The van der Waals surface area contributed by atoms with Crippen LogP contribution in [0.2, 0.25) is 0 Å². The number of thioether (sulfide) groups is 1. The topological polar surface area (TPSA) is 86.8 Å². The van der Waals surface area contributed by atoms with Gasteiger partial charge in [-0.3, -0.25) is 13.9 Å². The molecule has 3 aromatic carbocycles. The summed E-state index contributed by atoms with van der Waals surface area (Å²) in [6, 6.07) is 18.1. The molecule has 7 nitrogen and oxygen atoms in total. The van der Waals surface area contributed by atoms with E-state index in [1.165, 1.54) is 53.1 Å². The van der Waals surface area contributed by atoms with E-state index in [9.17, 15) is 22.4 Å². The van der Waals surface area contributed by atoms with Gasteiger partial charge >= 0.3 is 0 Å². The Kier molecular flexibility index (Phi) is 10.8. The Hall–Kier alpha value is -3.37. The number of benzene rings is 3. The third-order valence-electron chi connectivity index (χ3n) is 6.37. The lowest BCUT2D eigenvalue weighted by Gasteiger charge is -2.32. The molecule has 0 radical (unpaired) electrons. The van der Waals surface area contributed by atoms with Crippen LogP contribution in [0.4, 0.5) is 10.1 Å². The van der Waals surface area contributed by atoms with Crippen molar-refractivity contribution >= 4 is 39.3 Å². The Balaban J connectivity index is 2.00. The summed E-state index contributed by atoms with van der Waals surface area (Å²) in [7, 11) is -4.14. The summed E-state index contributed by atoms with van der Waals surface area (Å²) >= 11 is 1.49. The van der Waals surface area contributed by atoms with E-state index < -0.39 is 34.3 Å². The third kappa shape index (κ3) is 8.08. The summed E-state index contributed by atoms with van der Waals surface area (Å²) in [6.45, 7) is 7.31. The summed E-state index contributed by atoms with van der Waals surface area (Å²) in [4.78, 5) is 29.2. The third-order valence-corrected chi connectivity index (χ3v) is 8.90. The lowest BCUT2D eigenvalue weighted by molar-refractivity contribution is -0.139. The number of halogens is 1. The van der Waals surface area contributed by atoms with Crippen molar-refractivity contribution in [3.8, 4) is 0 Å². The Morgan fingerprint density at radius 1 is 0.925 bits per heavy atom. The van der Waals surface area contributed by atoms with Crippen LogP contribution in [0.25, 0.3) is 0 Å². The van der Waals surface area contributed by atoms with Crippen molar-refractivity contribution in [3.63, 3.8) is 0 Å². The van der Waals surface area contributed by atoms with Crippen molar-refractivity contribution < 1.29 is 22.4 Å². The molecule has 0 saturated carbocycles. The van der Waals surface area contributed by atoms with Gasteiger partial charge in [0.1, 0.15) is 18.4 Å². The molecular formula is C30H36FN3O4S2. The molecule has 2 amide bonds. The number of nitrogens with zero attached hydrogens (tertiary/aromatic N) is 2. The fraction of sp³-hybridized carbons (Fsp3) is 0.333. The number of aryl methyl sites for hydroxylation is 1. The highest BCUT2D eigenvalue weighted by Gasteiger charge is 2.32. The maximum Gasteiger partial charge on any atom is 0.264 e. The molecule has 0 saturated heterocycles. The van der Waals surface area contributed by atoms with Crippen molar-refractivity contribution in [3.05, 3.63) is 89.7 Å². The molecule has 0 aliphatic heterocycles. The first kappa shape index (κ1) is 31.2. The minimum atomic E-state index is -4.14. The zero-order valence-electron chi connectivity index (χ0n) is 23.4. The molecule has 1 atom stereocenters. The van der Waals surface area contributed by atoms with Gasteiger partial charge in [-0.1, -0.05) is 43.7 Å². The molecule has 10 heteroatoms. The van der Waals surface area contributed by atoms with Gasteiger partial charge in [-0.2, -0.15) is 0 Å². The minimum absolute atomic E-state index is 0.000413. The van der Waals surface area contributed by atoms with Crippen LogP contribution in [0.5, 0.6) is 0 Å². The van der Waals surface area contributed by atoms with Crippen molar-refractivity contribution in [2.24, 2.45) is 5.92 Å². The Labute approximate surface area is 240 Å². The maximum absolute atomic E-state index is 13.9. The van der Waals surface area contributed by atoms with Gasteiger partial charge in [0.25, 0.3) is 10.0 Å². The highest BCUT2D eigenvalue weighted by atomic mass is 32.2. The monoisotopic (exact) mass is 585 g/mol. The van der Waals surface area contributed by atoms with E-state index in [4.69, 9.17) is 0 Å². The molecule has 0 aromatic heterocycles. The van der Waals surface area contributed by atoms with Crippen molar-refractivity contribution in [2.45, 2.75) is 50.1 Å². The summed E-state index contributed by atoms with van der Waals surface area (Å²) in [5, 5.41) is 2.84. The number of nitrogens with one attached hydrogen (secondary N) is 1. The van der Waals surface area contributed by atoms with Crippen molar-refractivity contribution in [1.82, 2.24) is 10.2 Å². The van der Waals surface area contributed by atoms with Crippen LogP contribution in [-0.2, 0) is 26.2 Å². The first-order valence-electron chi connectivity index (χ1n) is 13.0. The van der Waals surface area contributed by atoms with Crippen LogP contribution in [0.1, 0.15) is 31.9 Å². The predicted octanol–water partition coefficient (Wildman–Crippen LogP) is 5.24. The van der Waals surface area contributed by atoms with Crippen LogP contribution in [-0.4, -0.2) is 50.5 Å². The summed E-state index contributed by atoms with van der Waals surface area (Å²) in [6.07, 6.45) is 1.90. The number of anilines is 1. The van der Waals surface area contributed by atoms with E-state index in [0.29, 0.717) is 17.8 Å². The van der Waals surface area contributed by atoms with E-state index in [1.54, 1.807) is 43.3 Å². The fourth-order valence-electron chi connectivity index (χ4n) is 3.94. The largest absolute Gasteiger partial charge is 0.354 e. The highest BCUT2D eigenvalue weighted by molar-refractivity contribution is 7.98. The smallest absolute Gasteiger partial charge is 0.264 e. The van der Waals surface area contributed by atoms with Gasteiger partial charge in [0.05, 0.1) is 10.6 Å². The molecule has 214 valence electrons. The molecule has 0 heterocycles. The second-order valence-electron chi connectivity index (χ2n) is 9.99. The highest BCUT2D eigenvalue weighted by Crippen LogP contribution is 2.26. The standard InChI is InChI=1S/C30H36FN3O4S2/c1-21(2)18-32-30(36)23(4)33(19-24-8-10-25(31)11-9-24)29(35)20-34(26-12-6-22(3)7-13-26)40(37,38)28-16-14-27(39-5)15-17-28/h6-17,21,23H,18-20H2,1-5H3,(H,32,36). The number of hydrogen-bond acceptors (Lipinski definition) is 5. The lowest BCUT2D eigenvalue weighted by Crippen LogP contribution is -2.51. The number of carbonyl (C=O) groups excluding carboxylic acids is 2. The number of hydrogen-bond donors (Lipinski definition) is 1. The molecular weight excluding hydrogens is 549 g/mol. The molecule has 0 spiro atoms. The van der Waals surface area contributed by atoms with Gasteiger partial charge in [-0.25, -0.2) is 12.8 Å². The maximum atomic E-state index is 13.9. The van der Waals surface area contributed by atoms with Crippen LogP contribution >= 0.6 is 11.8 Å². The number of amides is 2. The summed E-state index contributed by atoms with van der Waals surface area (Å²) in [5.74, 6) is -1.14. The van der Waals surface area contributed by atoms with Gasteiger partial charge in [-0.05, 0) is 80.1 Å². The Morgan fingerprint density at radius 3 is 2.08 bits per heavy atom. The molecule has 1 N–H and O–H groups in total. The number of sulfonamides is 1. The van der Waals surface area contributed by atoms with Crippen LogP contribution in [0.15, 0.2) is 82.6 Å². The van der Waals surface area contributed by atoms with Crippen LogP contribution in [0, 0.1) is 18.7 Å². The molecule has 1 unspecified atom stereocenters. The zero-order valence-corrected chi connectivity index (χ0v) is 25.1. The van der Waals surface area contributed by atoms with Crippen molar-refractivity contribution in [2.75, 3.05) is 23.7 Å². The molecule has 0 fully saturated rings. The molecule has 0 aliphatic rings. The first-order valence-corrected chi connectivity index (χ1v) is 15.6. The minimum Gasteiger partial charge on any atom is -0.354 e. The zero-order chi connectivity index (χ0) is 29.4. The van der Waals surface area contributed by atoms with E-state index in [-0.39, 0.29) is 23.3 Å². The molecule has 0 bridgehead atoms. The van der Waals surface area contributed by atoms with E-state index in [0.717, 1.165) is 14.8 Å². The predicted molar refractivity (Wildman–Crippen MR) is 158 cm³/mol. The average Bonchev–Trinajstić information content (AvgIpc) is 2.94. The molecule has 40 heavy (non-hydrogen) atoms. The Morgan fingerprint density at radius 2 is 1.52 bits per heavy atom. The van der Waals surface area contributed by atoms with Gasteiger partial charge in [0.2, 0.25) is 11.8 Å². The fourth-order valence-corrected chi connectivity index (χ4v) is 5.76. The van der Waals surface area contributed by atoms with Gasteiger partial charge in [0.15, 0.2) is 0 Å². The number of carbonyl (C=O) groups is 2. The molecule has 3 aromatic rings. The second-order valence-corrected chi connectivity index (χ2v) is 12.7. The lowest BCUT2D eigenvalue weighted by atomic mass is 10.1. The van der Waals surface area contributed by atoms with Crippen molar-refractivity contribution in [1.29, 1.82) is 0 Å². The van der Waals surface area contributed by atoms with E-state index in [1.807, 2.05) is 27.0 Å². The van der Waals surface area contributed by atoms with E-state index in [2.05, 4.69) is 5.32 Å². The first-order chi connectivity index (χ1) is 18.9. The summed E-state index contributed by atoms with van der Waals surface area (Å²) in [5.41, 5.74) is 1.87. The van der Waals surface area contributed by atoms with Gasteiger partial charge in [0, 0.05) is 18.0 Å². The summed E-state index contributed by atoms with van der Waals surface area (Å²) < 4.78 is 42.4. The second kappa shape index (κ2) is 13.8. The Bertz CT molecular complexity index is 1390. The molecule has 0 aliphatic carbocycles. The quantitative estimate of drug-likeness (QED) is 0.294. The SMILES string of the molecule is CSc1ccc(S(=O)(=O)N(CC(=O)N(Cc2ccc(F)cc2)C(C)C(=O)NCC(C)C)c2ccc(C)cc2)cc1. The number of rotatable bonds is 12. The van der Waals surface area contributed by atoms with Crippen LogP contribution in [0.3, 0.4) is 0 Å². The average molecular weight is 586 g/mol.